The topological polar surface area (TPSA) is 86.8 Å². The minimum absolute atomic E-state index is 0.0518. The number of benzene rings is 2. The first kappa shape index (κ1) is 25.9. The lowest BCUT2D eigenvalue weighted by Crippen LogP contribution is -2.49. The highest BCUT2D eigenvalue weighted by atomic mass is 32.2. The number of hydrogen-bond acceptors (Lipinski definition) is 4. The maximum Gasteiger partial charge on any atom is 0.251 e. The Morgan fingerprint density at radius 3 is 2.03 bits per heavy atom. The Kier molecular flexibility index (Phi) is 8.49. The van der Waals surface area contributed by atoms with E-state index in [-0.39, 0.29) is 41.8 Å². The van der Waals surface area contributed by atoms with Gasteiger partial charge in [-0.15, -0.1) is 0 Å². The molecule has 1 aliphatic rings. The number of carbonyl (C=O) groups excluding carboxylic acids is 2. The molecule has 0 bridgehead atoms. The Balaban J connectivity index is 1.69. The number of sulfonamides is 1. The third kappa shape index (κ3) is 6.04. The van der Waals surface area contributed by atoms with Crippen LogP contribution in [0.5, 0.6) is 0 Å². The molecule has 0 radical (unpaired) electrons. The van der Waals surface area contributed by atoms with Gasteiger partial charge in [-0.3, -0.25) is 9.59 Å². The van der Waals surface area contributed by atoms with E-state index < -0.39 is 10.0 Å². The summed E-state index contributed by atoms with van der Waals surface area (Å²) in [5.41, 5.74) is 2.74. The zero-order valence-corrected chi connectivity index (χ0v) is 21.3. The third-order valence-corrected chi connectivity index (χ3v) is 8.18. The summed E-state index contributed by atoms with van der Waals surface area (Å²) < 4.78 is 27.4. The van der Waals surface area contributed by atoms with Gasteiger partial charge in [0.25, 0.3) is 5.91 Å². The number of nitrogens with zero attached hydrogens (tertiary/aromatic N) is 2. The SMILES string of the molecule is CCCc1ccc([C@@H](NC(=O)c2ccc(S(=O)(=O)N3CCN(C(C)=O)CC3)cc2)C(C)C)cc1. The lowest BCUT2D eigenvalue weighted by Gasteiger charge is -2.33. The summed E-state index contributed by atoms with van der Waals surface area (Å²) in [5.74, 6) is -0.103. The number of rotatable bonds is 8. The van der Waals surface area contributed by atoms with Crippen LogP contribution in [0.4, 0.5) is 0 Å². The van der Waals surface area contributed by atoms with Gasteiger partial charge in [0.15, 0.2) is 0 Å². The van der Waals surface area contributed by atoms with Crippen LogP contribution < -0.4 is 5.32 Å². The number of hydrogen-bond donors (Lipinski definition) is 1. The van der Waals surface area contributed by atoms with Gasteiger partial charge in [0.2, 0.25) is 15.9 Å². The molecular formula is C26H35N3O4S. The van der Waals surface area contributed by atoms with Crippen LogP contribution in [0.25, 0.3) is 0 Å². The van der Waals surface area contributed by atoms with Crippen molar-refractivity contribution in [1.82, 2.24) is 14.5 Å². The molecular weight excluding hydrogens is 450 g/mol. The Bertz CT molecular complexity index is 1090. The summed E-state index contributed by atoms with van der Waals surface area (Å²) in [6, 6.07) is 14.3. The van der Waals surface area contributed by atoms with E-state index in [2.05, 4.69) is 50.4 Å². The summed E-state index contributed by atoms with van der Waals surface area (Å²) in [7, 11) is -3.68. The lowest BCUT2D eigenvalue weighted by molar-refractivity contribution is -0.129. The maximum absolute atomic E-state index is 13.0. The van der Waals surface area contributed by atoms with E-state index in [9.17, 15) is 18.0 Å². The van der Waals surface area contributed by atoms with Gasteiger partial charge in [0.05, 0.1) is 10.9 Å². The number of piperazine rings is 1. The fourth-order valence-electron chi connectivity index (χ4n) is 4.21. The Labute approximate surface area is 203 Å². The van der Waals surface area contributed by atoms with E-state index in [1.165, 1.54) is 28.9 Å². The quantitative estimate of drug-likeness (QED) is 0.619. The molecule has 0 unspecified atom stereocenters. The maximum atomic E-state index is 13.0. The molecule has 0 spiro atoms. The van der Waals surface area contributed by atoms with E-state index in [1.54, 1.807) is 17.0 Å². The molecule has 34 heavy (non-hydrogen) atoms. The molecule has 2 amide bonds. The van der Waals surface area contributed by atoms with Crippen molar-refractivity contribution in [2.75, 3.05) is 26.2 Å². The van der Waals surface area contributed by atoms with Crippen molar-refractivity contribution in [2.24, 2.45) is 5.92 Å². The second-order valence-electron chi connectivity index (χ2n) is 9.12. The molecule has 0 aromatic heterocycles. The monoisotopic (exact) mass is 485 g/mol. The van der Waals surface area contributed by atoms with Gasteiger partial charge in [-0.25, -0.2) is 8.42 Å². The van der Waals surface area contributed by atoms with Crippen molar-refractivity contribution < 1.29 is 18.0 Å². The van der Waals surface area contributed by atoms with Crippen LogP contribution in [-0.4, -0.2) is 55.6 Å². The third-order valence-electron chi connectivity index (χ3n) is 6.27. The minimum Gasteiger partial charge on any atom is -0.345 e. The van der Waals surface area contributed by atoms with Crippen LogP contribution in [0.15, 0.2) is 53.4 Å². The van der Waals surface area contributed by atoms with Crippen molar-refractivity contribution in [3.8, 4) is 0 Å². The van der Waals surface area contributed by atoms with Crippen LogP contribution in [0.3, 0.4) is 0 Å². The second kappa shape index (κ2) is 11.1. The van der Waals surface area contributed by atoms with Crippen molar-refractivity contribution >= 4 is 21.8 Å². The Morgan fingerprint density at radius 1 is 0.941 bits per heavy atom. The van der Waals surface area contributed by atoms with E-state index in [0.29, 0.717) is 18.7 Å². The molecule has 2 aromatic rings. The number of aryl methyl sites for hydroxylation is 1. The molecule has 1 atom stereocenters. The number of nitrogens with one attached hydrogen (secondary N) is 1. The summed E-state index contributed by atoms with van der Waals surface area (Å²) in [5, 5.41) is 3.10. The van der Waals surface area contributed by atoms with Crippen LogP contribution in [0, 0.1) is 5.92 Å². The average Bonchev–Trinajstić information content (AvgIpc) is 2.83. The first-order chi connectivity index (χ1) is 16.1. The van der Waals surface area contributed by atoms with Gasteiger partial charge in [-0.1, -0.05) is 51.5 Å². The molecule has 2 aromatic carbocycles. The molecule has 1 aliphatic heterocycles. The standard InChI is InChI=1S/C26H35N3O4S/c1-5-6-21-7-9-22(10-8-21)25(19(2)3)27-26(31)23-11-13-24(14-12-23)34(32,33)29-17-15-28(16-18-29)20(4)30/h7-14,19,25H,5-6,15-18H2,1-4H3,(H,27,31)/t25-/m0/s1. The fourth-order valence-corrected chi connectivity index (χ4v) is 5.63. The minimum atomic E-state index is -3.68. The van der Waals surface area contributed by atoms with E-state index >= 15 is 0 Å². The predicted octanol–water partition coefficient (Wildman–Crippen LogP) is 3.62. The second-order valence-corrected chi connectivity index (χ2v) is 11.1. The molecule has 1 N–H and O–H groups in total. The summed E-state index contributed by atoms with van der Waals surface area (Å²) in [6.07, 6.45) is 2.12. The molecule has 8 heteroatoms. The number of carbonyl (C=O) groups is 2. The summed E-state index contributed by atoms with van der Waals surface area (Å²) >= 11 is 0. The Hall–Kier alpha value is -2.71. The van der Waals surface area contributed by atoms with Gasteiger partial charge >= 0.3 is 0 Å². The van der Waals surface area contributed by atoms with E-state index in [1.807, 2.05) is 0 Å². The first-order valence-corrected chi connectivity index (χ1v) is 13.3. The van der Waals surface area contributed by atoms with E-state index in [4.69, 9.17) is 0 Å². The molecule has 0 saturated carbocycles. The largest absolute Gasteiger partial charge is 0.345 e. The zero-order valence-electron chi connectivity index (χ0n) is 20.5. The lowest BCUT2D eigenvalue weighted by atomic mass is 9.94. The predicted molar refractivity (Wildman–Crippen MR) is 133 cm³/mol. The fraction of sp³-hybridized carbons (Fsp3) is 0.462. The van der Waals surface area contributed by atoms with Gasteiger partial charge in [-0.2, -0.15) is 4.31 Å². The van der Waals surface area contributed by atoms with Gasteiger partial charge < -0.3 is 10.2 Å². The normalized spacial score (nSPS) is 15.9. The molecule has 184 valence electrons. The first-order valence-electron chi connectivity index (χ1n) is 11.9. The highest BCUT2D eigenvalue weighted by Gasteiger charge is 2.29. The summed E-state index contributed by atoms with van der Waals surface area (Å²) in [4.78, 5) is 26.2. The average molecular weight is 486 g/mol. The van der Waals surface area contributed by atoms with Crippen LogP contribution in [0.2, 0.25) is 0 Å². The smallest absolute Gasteiger partial charge is 0.251 e. The molecule has 1 saturated heterocycles. The molecule has 7 nitrogen and oxygen atoms in total. The van der Waals surface area contributed by atoms with Gasteiger partial charge in [0, 0.05) is 38.7 Å². The molecule has 1 fully saturated rings. The highest BCUT2D eigenvalue weighted by Crippen LogP contribution is 2.24. The van der Waals surface area contributed by atoms with Crippen molar-refractivity contribution in [2.45, 2.75) is 51.5 Å². The number of amides is 2. The van der Waals surface area contributed by atoms with Crippen molar-refractivity contribution in [3.63, 3.8) is 0 Å². The summed E-state index contributed by atoms with van der Waals surface area (Å²) in [6.45, 7) is 9.04. The zero-order chi connectivity index (χ0) is 24.9. The highest BCUT2D eigenvalue weighted by molar-refractivity contribution is 7.89. The van der Waals surface area contributed by atoms with Gasteiger partial charge in [0.1, 0.15) is 0 Å². The molecule has 3 rings (SSSR count). The molecule has 0 aliphatic carbocycles. The van der Waals surface area contributed by atoms with Crippen LogP contribution in [-0.2, 0) is 21.2 Å². The van der Waals surface area contributed by atoms with E-state index in [0.717, 1.165) is 18.4 Å². The Morgan fingerprint density at radius 2 is 1.53 bits per heavy atom. The molecule has 1 heterocycles. The van der Waals surface area contributed by atoms with Gasteiger partial charge in [-0.05, 0) is 47.7 Å². The van der Waals surface area contributed by atoms with Crippen LogP contribution >= 0.6 is 0 Å². The van der Waals surface area contributed by atoms with Crippen molar-refractivity contribution in [1.29, 1.82) is 0 Å². The van der Waals surface area contributed by atoms with Crippen LogP contribution in [0.1, 0.15) is 61.6 Å². The van der Waals surface area contributed by atoms with Crippen molar-refractivity contribution in [3.05, 3.63) is 65.2 Å².